The van der Waals surface area contributed by atoms with Crippen molar-refractivity contribution >= 4 is 34.8 Å². The number of hydrogen-bond donors (Lipinski definition) is 3. The second-order valence-electron chi connectivity index (χ2n) is 5.63. The molecule has 0 aliphatic heterocycles. The molecule has 0 radical (unpaired) electrons. The van der Waals surface area contributed by atoms with Gasteiger partial charge in [-0.05, 0) is 32.0 Å². The molecule has 0 unspecified atom stereocenters. The topological polar surface area (TPSA) is 113 Å². The lowest BCUT2D eigenvalue weighted by atomic mass is 10.2. The maximum atomic E-state index is 12.2. The molecule has 0 bridgehead atoms. The number of anilines is 2. The molecule has 0 atom stereocenters. The number of nitrogens with one attached hydrogen (secondary N) is 3. The van der Waals surface area contributed by atoms with E-state index in [1.807, 2.05) is 0 Å². The third kappa shape index (κ3) is 5.30. The van der Waals surface area contributed by atoms with Crippen molar-refractivity contribution in [2.45, 2.75) is 27.2 Å². The Morgan fingerprint density at radius 3 is 2.27 bits per heavy atom. The zero-order chi connectivity index (χ0) is 19.1. The van der Waals surface area contributed by atoms with Gasteiger partial charge in [-0.3, -0.25) is 14.4 Å². The van der Waals surface area contributed by atoms with E-state index >= 15 is 0 Å². The molecule has 3 amide bonds. The van der Waals surface area contributed by atoms with Crippen LogP contribution in [0.1, 0.15) is 36.4 Å². The lowest BCUT2D eigenvalue weighted by molar-refractivity contribution is -0.115. The van der Waals surface area contributed by atoms with E-state index in [1.165, 1.54) is 13.2 Å². The molecule has 136 valence electrons. The Morgan fingerprint density at radius 2 is 1.69 bits per heavy atom. The van der Waals surface area contributed by atoms with Gasteiger partial charge in [-0.25, -0.2) is 5.43 Å². The highest BCUT2D eigenvalue weighted by Crippen LogP contribution is 2.21. The number of aryl methyl sites for hydroxylation is 1. The zero-order valence-electron chi connectivity index (χ0n) is 14.8. The summed E-state index contributed by atoms with van der Waals surface area (Å²) in [7, 11) is 0. The Balaban J connectivity index is 1.94. The van der Waals surface area contributed by atoms with Gasteiger partial charge in [-0.15, -0.1) is 0 Å². The molecule has 8 nitrogen and oxygen atoms in total. The first-order chi connectivity index (χ1) is 12.4. The van der Waals surface area contributed by atoms with Crippen LogP contribution in [0.25, 0.3) is 0 Å². The maximum absolute atomic E-state index is 12.2. The van der Waals surface area contributed by atoms with Gasteiger partial charge in [0.05, 0.1) is 29.6 Å². The normalized spacial score (nSPS) is 11.0. The van der Waals surface area contributed by atoms with Gasteiger partial charge in [-0.1, -0.05) is 12.1 Å². The van der Waals surface area contributed by atoms with Crippen LogP contribution < -0.4 is 16.1 Å². The molecule has 0 saturated heterocycles. The summed E-state index contributed by atoms with van der Waals surface area (Å²) in [6, 6.07) is 8.40. The van der Waals surface area contributed by atoms with Crippen molar-refractivity contribution in [2.24, 2.45) is 5.10 Å². The first-order valence-electron chi connectivity index (χ1n) is 7.91. The highest BCUT2D eigenvalue weighted by molar-refractivity contribution is 6.08. The molecule has 0 aliphatic carbocycles. The fraction of sp³-hybridized carbons (Fsp3) is 0.222. The van der Waals surface area contributed by atoms with Crippen molar-refractivity contribution in [1.82, 2.24) is 5.43 Å². The highest BCUT2D eigenvalue weighted by atomic mass is 16.3. The fourth-order valence-electron chi connectivity index (χ4n) is 2.18. The molecule has 2 aromatic rings. The van der Waals surface area contributed by atoms with Crippen LogP contribution in [0.4, 0.5) is 11.4 Å². The van der Waals surface area contributed by atoms with E-state index in [2.05, 4.69) is 21.2 Å². The van der Waals surface area contributed by atoms with Crippen LogP contribution in [0.3, 0.4) is 0 Å². The smallest absolute Gasteiger partial charge is 0.274 e. The van der Waals surface area contributed by atoms with Gasteiger partial charge in [-0.2, -0.15) is 5.10 Å². The Hall–Kier alpha value is -3.42. The molecule has 0 saturated carbocycles. The lowest BCUT2D eigenvalue weighted by Crippen LogP contribution is -2.22. The molecule has 0 aliphatic rings. The number of para-hydroxylation sites is 2. The first kappa shape index (κ1) is 18.9. The van der Waals surface area contributed by atoms with Crippen LogP contribution in [0.15, 0.2) is 46.1 Å². The predicted octanol–water partition coefficient (Wildman–Crippen LogP) is 2.68. The van der Waals surface area contributed by atoms with Crippen molar-refractivity contribution in [2.75, 3.05) is 10.6 Å². The number of nitrogens with zero attached hydrogens (tertiary/aromatic N) is 1. The van der Waals surface area contributed by atoms with E-state index in [0.29, 0.717) is 28.4 Å². The second kappa shape index (κ2) is 8.61. The summed E-state index contributed by atoms with van der Waals surface area (Å²) < 4.78 is 5.06. The molecular weight excluding hydrogens is 336 g/mol. The van der Waals surface area contributed by atoms with E-state index in [-0.39, 0.29) is 18.2 Å². The highest BCUT2D eigenvalue weighted by Gasteiger charge is 2.12. The molecule has 26 heavy (non-hydrogen) atoms. The summed E-state index contributed by atoms with van der Waals surface area (Å²) in [6.45, 7) is 4.69. The molecule has 3 N–H and O–H groups in total. The van der Waals surface area contributed by atoms with Crippen LogP contribution >= 0.6 is 0 Å². The Bertz CT molecular complexity index is 854. The van der Waals surface area contributed by atoms with Gasteiger partial charge < -0.3 is 15.1 Å². The van der Waals surface area contributed by atoms with Gasteiger partial charge in [0.15, 0.2) is 0 Å². The van der Waals surface area contributed by atoms with Gasteiger partial charge >= 0.3 is 0 Å². The minimum absolute atomic E-state index is 0.0148. The number of benzene rings is 1. The number of carbonyl (C=O) groups is 3. The number of furan rings is 1. The maximum Gasteiger partial charge on any atom is 0.274 e. The van der Waals surface area contributed by atoms with Crippen molar-refractivity contribution in [1.29, 1.82) is 0 Å². The van der Waals surface area contributed by atoms with Crippen LogP contribution in [-0.4, -0.2) is 23.4 Å². The lowest BCUT2D eigenvalue weighted by Gasteiger charge is -2.11. The molecular formula is C18H20N4O4. The Kier molecular flexibility index (Phi) is 6.26. The standard InChI is InChI=1S/C18H20N4O4/c1-11(21-22-18(25)14-8-9-26-12(14)2)10-17(24)20-16-7-5-4-6-15(16)19-13(3)23/h4-9H,10H2,1-3H3,(H,19,23)(H,20,24)(H,22,25)/b21-11+. The molecule has 1 aromatic heterocycles. The number of hydrogen-bond acceptors (Lipinski definition) is 5. The van der Waals surface area contributed by atoms with Crippen LogP contribution in [0.2, 0.25) is 0 Å². The SMILES string of the molecule is CC(=O)Nc1ccccc1NC(=O)C/C(C)=N/NC(=O)c1ccoc1C. The van der Waals surface area contributed by atoms with Crippen molar-refractivity contribution in [3.8, 4) is 0 Å². The summed E-state index contributed by atoms with van der Waals surface area (Å²) in [5.74, 6) is -0.478. The van der Waals surface area contributed by atoms with E-state index in [0.717, 1.165) is 0 Å². The minimum Gasteiger partial charge on any atom is -0.469 e. The fourth-order valence-corrected chi connectivity index (χ4v) is 2.18. The van der Waals surface area contributed by atoms with Crippen molar-refractivity contribution in [3.05, 3.63) is 47.9 Å². The molecule has 0 fully saturated rings. The zero-order valence-corrected chi connectivity index (χ0v) is 14.8. The summed E-state index contributed by atoms with van der Waals surface area (Å²) in [4.78, 5) is 35.3. The van der Waals surface area contributed by atoms with Crippen LogP contribution in [0, 0.1) is 6.92 Å². The third-order valence-electron chi connectivity index (χ3n) is 3.38. The summed E-state index contributed by atoms with van der Waals surface area (Å²) >= 11 is 0. The van der Waals surface area contributed by atoms with Crippen molar-refractivity contribution < 1.29 is 18.8 Å². The molecule has 2 rings (SSSR count). The molecule has 0 spiro atoms. The molecule has 1 heterocycles. The second-order valence-corrected chi connectivity index (χ2v) is 5.63. The van der Waals surface area contributed by atoms with Crippen LogP contribution in [-0.2, 0) is 9.59 Å². The number of carbonyl (C=O) groups excluding carboxylic acids is 3. The molecule has 1 aromatic carbocycles. The predicted molar refractivity (Wildman–Crippen MR) is 98.0 cm³/mol. The Labute approximate surface area is 150 Å². The van der Waals surface area contributed by atoms with E-state index < -0.39 is 5.91 Å². The van der Waals surface area contributed by atoms with E-state index in [9.17, 15) is 14.4 Å². The summed E-state index contributed by atoms with van der Waals surface area (Å²) in [5, 5.41) is 9.27. The van der Waals surface area contributed by atoms with E-state index in [4.69, 9.17) is 4.42 Å². The first-order valence-corrected chi connectivity index (χ1v) is 7.91. The summed E-state index contributed by atoms with van der Waals surface area (Å²) in [6.07, 6.45) is 1.40. The van der Waals surface area contributed by atoms with Gasteiger partial charge in [0.2, 0.25) is 11.8 Å². The number of hydrazone groups is 1. The third-order valence-corrected chi connectivity index (χ3v) is 3.38. The Morgan fingerprint density at radius 1 is 1.04 bits per heavy atom. The number of amides is 3. The quantitative estimate of drug-likeness (QED) is 0.545. The largest absolute Gasteiger partial charge is 0.469 e. The number of rotatable bonds is 6. The molecule has 8 heteroatoms. The average Bonchev–Trinajstić information content (AvgIpc) is 3.00. The van der Waals surface area contributed by atoms with Crippen molar-refractivity contribution in [3.63, 3.8) is 0 Å². The van der Waals surface area contributed by atoms with Gasteiger partial charge in [0.25, 0.3) is 5.91 Å². The van der Waals surface area contributed by atoms with Crippen LogP contribution in [0.5, 0.6) is 0 Å². The minimum atomic E-state index is -0.410. The average molecular weight is 356 g/mol. The van der Waals surface area contributed by atoms with E-state index in [1.54, 1.807) is 44.2 Å². The summed E-state index contributed by atoms with van der Waals surface area (Å²) in [5.41, 5.74) is 4.18. The van der Waals surface area contributed by atoms with Gasteiger partial charge in [0, 0.05) is 12.6 Å². The van der Waals surface area contributed by atoms with Gasteiger partial charge in [0.1, 0.15) is 5.76 Å². The monoisotopic (exact) mass is 356 g/mol.